The van der Waals surface area contributed by atoms with E-state index >= 15 is 0 Å². The highest BCUT2D eigenvalue weighted by Gasteiger charge is 2.33. The summed E-state index contributed by atoms with van der Waals surface area (Å²) in [4.78, 5) is 28.0. The molecule has 2 bridgehead atoms. The number of fused-ring (bicyclic) bond motifs is 5. The number of ether oxygens (including phenoxy) is 1. The number of anilines is 1. The maximum absolute atomic E-state index is 13.9. The van der Waals surface area contributed by atoms with Crippen molar-refractivity contribution in [3.05, 3.63) is 66.5 Å². The quantitative estimate of drug-likeness (QED) is 0.442. The average molecular weight is 510 g/mol. The molecule has 1 aromatic carbocycles. The molecule has 4 saturated heterocycles. The Hall–Kier alpha value is -3.82. The van der Waals surface area contributed by atoms with Gasteiger partial charge in [-0.05, 0) is 43.5 Å². The number of carbonyl (C=O) groups is 1. The van der Waals surface area contributed by atoms with Crippen molar-refractivity contribution in [1.82, 2.24) is 29.8 Å². The molecule has 0 saturated carbocycles. The Morgan fingerprint density at radius 2 is 1.87 bits per heavy atom. The van der Waals surface area contributed by atoms with E-state index < -0.39 is 0 Å². The van der Waals surface area contributed by atoms with E-state index in [9.17, 15) is 4.79 Å². The van der Waals surface area contributed by atoms with Gasteiger partial charge in [-0.15, -0.1) is 0 Å². The zero-order valence-electron chi connectivity index (χ0n) is 21.5. The minimum Gasteiger partial charge on any atom is -0.378 e. The van der Waals surface area contributed by atoms with E-state index in [1.807, 2.05) is 59.6 Å². The van der Waals surface area contributed by atoms with Gasteiger partial charge < -0.3 is 19.9 Å². The standard InChI is InChI=1S/C29H31N7O2/c1-38-23-17-34(18-23)27-12-21(29(37)35-15-19-7-8-22(16-35)30-13-19)11-26(32-27)24-14-31-36-10-9-25(33-28(24)36)20-5-3-2-4-6-20/h2-6,9-12,14,19,22-23,30H,7-8,13,15-18H2,1H3/t19-,22-/m0/s1. The molecule has 0 aliphatic carbocycles. The number of methoxy groups -OCH3 is 1. The van der Waals surface area contributed by atoms with E-state index in [-0.39, 0.29) is 12.0 Å². The maximum Gasteiger partial charge on any atom is 0.254 e. The van der Waals surface area contributed by atoms with Gasteiger partial charge in [0.1, 0.15) is 5.82 Å². The molecule has 9 heteroatoms. The third-order valence-electron chi connectivity index (χ3n) is 8.10. The number of aromatic nitrogens is 4. The molecule has 4 fully saturated rings. The number of rotatable bonds is 5. The Morgan fingerprint density at radius 3 is 2.66 bits per heavy atom. The molecule has 1 N–H and O–H groups in total. The van der Waals surface area contributed by atoms with E-state index in [0.29, 0.717) is 28.9 Å². The smallest absolute Gasteiger partial charge is 0.254 e. The molecule has 1 amide bonds. The average Bonchev–Trinajstić information content (AvgIpc) is 3.11. The van der Waals surface area contributed by atoms with Crippen LogP contribution >= 0.6 is 0 Å². The fourth-order valence-corrected chi connectivity index (χ4v) is 5.82. The van der Waals surface area contributed by atoms with Gasteiger partial charge in [0.25, 0.3) is 5.91 Å². The van der Waals surface area contributed by atoms with Gasteiger partial charge in [0, 0.05) is 56.7 Å². The molecule has 0 radical (unpaired) electrons. The highest BCUT2D eigenvalue weighted by atomic mass is 16.5. The molecule has 38 heavy (non-hydrogen) atoms. The Kier molecular flexibility index (Phi) is 5.82. The van der Waals surface area contributed by atoms with E-state index in [1.165, 1.54) is 6.42 Å². The topological polar surface area (TPSA) is 87.9 Å². The summed E-state index contributed by atoms with van der Waals surface area (Å²) in [5.74, 6) is 1.36. The van der Waals surface area contributed by atoms with Gasteiger partial charge in [-0.3, -0.25) is 4.79 Å². The molecule has 0 spiro atoms. The molecular formula is C29H31N7O2. The van der Waals surface area contributed by atoms with Crippen LogP contribution in [0.4, 0.5) is 5.82 Å². The van der Waals surface area contributed by atoms with Crippen molar-refractivity contribution in [3.8, 4) is 22.5 Å². The Bertz CT molecular complexity index is 1460. The number of hydrogen-bond donors (Lipinski definition) is 1. The van der Waals surface area contributed by atoms with Crippen LogP contribution in [0.3, 0.4) is 0 Å². The molecule has 4 aromatic rings. The number of amides is 1. The first-order valence-electron chi connectivity index (χ1n) is 13.4. The monoisotopic (exact) mass is 509 g/mol. The molecule has 0 unspecified atom stereocenters. The number of hydrogen-bond acceptors (Lipinski definition) is 7. The first-order valence-corrected chi connectivity index (χ1v) is 13.4. The Labute approximate surface area is 221 Å². The number of pyridine rings is 1. The molecule has 8 rings (SSSR count). The third kappa shape index (κ3) is 4.21. The summed E-state index contributed by atoms with van der Waals surface area (Å²) in [5.41, 5.74) is 4.78. The Balaban J connectivity index is 1.29. The van der Waals surface area contributed by atoms with Crippen LogP contribution in [-0.4, -0.2) is 82.4 Å². The van der Waals surface area contributed by atoms with Gasteiger partial charge in [0.05, 0.1) is 29.3 Å². The zero-order valence-corrected chi connectivity index (χ0v) is 21.5. The molecule has 2 atom stereocenters. The number of benzene rings is 1. The lowest BCUT2D eigenvalue weighted by Gasteiger charge is -2.39. The summed E-state index contributed by atoms with van der Waals surface area (Å²) in [7, 11) is 1.73. The molecule has 194 valence electrons. The van der Waals surface area contributed by atoms with E-state index in [1.54, 1.807) is 17.8 Å². The molecule has 4 aliphatic rings. The largest absolute Gasteiger partial charge is 0.378 e. The van der Waals surface area contributed by atoms with E-state index in [2.05, 4.69) is 15.3 Å². The van der Waals surface area contributed by atoms with Crippen molar-refractivity contribution < 1.29 is 9.53 Å². The predicted octanol–water partition coefficient (Wildman–Crippen LogP) is 3.12. The normalized spacial score (nSPS) is 21.5. The SMILES string of the molecule is COC1CN(c2cc(C(=O)N3C[C@H]4CC[C@@H](C3)NC4)cc(-c3cnn4ccc(-c5ccccc5)nc34)n2)C1. The Morgan fingerprint density at radius 1 is 1.00 bits per heavy atom. The first kappa shape index (κ1) is 23.3. The van der Waals surface area contributed by atoms with Gasteiger partial charge in [-0.2, -0.15) is 5.10 Å². The lowest BCUT2D eigenvalue weighted by molar-refractivity contribution is 0.0747. The second kappa shape index (κ2) is 9.49. The molecule has 7 heterocycles. The van der Waals surface area contributed by atoms with Crippen molar-refractivity contribution >= 4 is 17.4 Å². The van der Waals surface area contributed by atoms with Crippen LogP contribution < -0.4 is 10.2 Å². The first-order chi connectivity index (χ1) is 18.6. The minimum atomic E-state index is 0.0636. The molecular weight excluding hydrogens is 478 g/mol. The van der Waals surface area contributed by atoms with E-state index in [4.69, 9.17) is 14.7 Å². The van der Waals surface area contributed by atoms with Crippen molar-refractivity contribution in [2.45, 2.75) is 25.0 Å². The number of carbonyl (C=O) groups excluding carboxylic acids is 1. The van der Waals surface area contributed by atoms with Crippen LogP contribution in [0.15, 0.2) is 60.9 Å². The van der Waals surface area contributed by atoms with Crippen LogP contribution in [0.1, 0.15) is 23.2 Å². The van der Waals surface area contributed by atoms with Gasteiger partial charge in [-0.25, -0.2) is 14.5 Å². The lowest BCUT2D eigenvalue weighted by atomic mass is 9.97. The van der Waals surface area contributed by atoms with Crippen LogP contribution in [0.5, 0.6) is 0 Å². The van der Waals surface area contributed by atoms with Crippen LogP contribution in [-0.2, 0) is 4.74 Å². The summed E-state index contributed by atoms with van der Waals surface area (Å²) < 4.78 is 7.26. The minimum absolute atomic E-state index is 0.0636. The number of nitrogens with zero attached hydrogens (tertiary/aromatic N) is 6. The third-order valence-corrected chi connectivity index (χ3v) is 8.10. The van der Waals surface area contributed by atoms with Gasteiger partial charge in [-0.1, -0.05) is 30.3 Å². The highest BCUT2D eigenvalue weighted by Crippen LogP contribution is 2.31. The molecule has 3 aromatic heterocycles. The number of piperidine rings is 1. The molecule has 4 aliphatic heterocycles. The summed E-state index contributed by atoms with van der Waals surface area (Å²) in [6.45, 7) is 4.04. The van der Waals surface area contributed by atoms with Crippen molar-refractivity contribution in [3.63, 3.8) is 0 Å². The zero-order chi connectivity index (χ0) is 25.6. The van der Waals surface area contributed by atoms with Gasteiger partial charge in [0.2, 0.25) is 0 Å². The van der Waals surface area contributed by atoms with Gasteiger partial charge >= 0.3 is 0 Å². The maximum atomic E-state index is 13.9. The fraction of sp³-hybridized carbons (Fsp3) is 0.379. The second-order valence-electron chi connectivity index (χ2n) is 10.6. The van der Waals surface area contributed by atoms with Gasteiger partial charge in [0.15, 0.2) is 5.65 Å². The highest BCUT2D eigenvalue weighted by molar-refractivity contribution is 5.96. The van der Waals surface area contributed by atoms with Crippen LogP contribution in [0.25, 0.3) is 28.2 Å². The summed E-state index contributed by atoms with van der Waals surface area (Å²) in [6.07, 6.45) is 6.20. The number of nitrogens with one attached hydrogen (secondary N) is 1. The second-order valence-corrected chi connectivity index (χ2v) is 10.6. The summed E-state index contributed by atoms with van der Waals surface area (Å²) in [6, 6.07) is 16.3. The summed E-state index contributed by atoms with van der Waals surface area (Å²) >= 11 is 0. The van der Waals surface area contributed by atoms with Crippen molar-refractivity contribution in [2.24, 2.45) is 5.92 Å². The lowest BCUT2D eigenvalue weighted by Crippen LogP contribution is -2.52. The fourth-order valence-electron chi connectivity index (χ4n) is 5.82. The van der Waals surface area contributed by atoms with E-state index in [0.717, 1.165) is 61.8 Å². The predicted molar refractivity (Wildman–Crippen MR) is 145 cm³/mol. The van der Waals surface area contributed by atoms with Crippen LogP contribution in [0, 0.1) is 5.92 Å². The molecule has 9 nitrogen and oxygen atoms in total. The summed E-state index contributed by atoms with van der Waals surface area (Å²) in [5, 5.41) is 8.15. The van der Waals surface area contributed by atoms with Crippen molar-refractivity contribution in [2.75, 3.05) is 44.7 Å². The van der Waals surface area contributed by atoms with Crippen LogP contribution in [0.2, 0.25) is 0 Å². The van der Waals surface area contributed by atoms with Crippen molar-refractivity contribution in [1.29, 1.82) is 0 Å².